The molecule has 1 aliphatic heterocycles. The Morgan fingerprint density at radius 1 is 1.58 bits per heavy atom. The second kappa shape index (κ2) is 5.90. The minimum Gasteiger partial charge on any atom is -0.496 e. The summed E-state index contributed by atoms with van der Waals surface area (Å²) in [5.41, 5.74) is 0.0325. The maximum atomic E-state index is 13.9. The summed E-state index contributed by atoms with van der Waals surface area (Å²) in [5.74, 6) is -0.111. The summed E-state index contributed by atoms with van der Waals surface area (Å²) in [6.07, 6.45) is 0.943. The van der Waals surface area contributed by atoms with Gasteiger partial charge in [0.15, 0.2) is 0 Å². The van der Waals surface area contributed by atoms with Gasteiger partial charge >= 0.3 is 0 Å². The van der Waals surface area contributed by atoms with Gasteiger partial charge in [0.25, 0.3) is 5.91 Å². The summed E-state index contributed by atoms with van der Waals surface area (Å²) in [6, 6.07) is 4.55. The smallest absolute Gasteiger partial charge is 0.260 e. The lowest BCUT2D eigenvalue weighted by atomic mass is 10.0. The van der Waals surface area contributed by atoms with Crippen LogP contribution >= 0.6 is 15.9 Å². The number of nitrogens with zero attached hydrogens (tertiary/aromatic N) is 1. The van der Waals surface area contributed by atoms with Gasteiger partial charge in [0.1, 0.15) is 17.1 Å². The van der Waals surface area contributed by atoms with E-state index in [4.69, 9.17) is 4.74 Å². The number of halogens is 2. The zero-order valence-corrected chi connectivity index (χ0v) is 12.6. The molecule has 1 aromatic rings. The molecule has 3 nitrogen and oxygen atoms in total. The van der Waals surface area contributed by atoms with E-state index in [1.54, 1.807) is 17.0 Å². The molecule has 1 heterocycles. The third-order valence-corrected chi connectivity index (χ3v) is 4.37. The molecule has 1 aromatic carbocycles. The van der Waals surface area contributed by atoms with Crippen LogP contribution in [-0.4, -0.2) is 35.8 Å². The maximum absolute atomic E-state index is 13.9. The highest BCUT2D eigenvalue weighted by molar-refractivity contribution is 9.09. The van der Waals surface area contributed by atoms with E-state index in [0.29, 0.717) is 17.8 Å². The average molecular weight is 330 g/mol. The highest BCUT2D eigenvalue weighted by atomic mass is 79.9. The van der Waals surface area contributed by atoms with Gasteiger partial charge in [0.05, 0.1) is 7.11 Å². The fourth-order valence-corrected chi connectivity index (χ4v) is 3.51. The standard InChI is InChI=1S/C14H17BrFNO2/c1-9-6-7-17(11(9)8-15)14(18)13-10(16)4-3-5-12(13)19-2/h3-5,9,11H,6-8H2,1-2H3. The highest BCUT2D eigenvalue weighted by Crippen LogP contribution is 2.30. The summed E-state index contributed by atoms with van der Waals surface area (Å²) in [6.45, 7) is 2.77. The highest BCUT2D eigenvalue weighted by Gasteiger charge is 2.36. The Morgan fingerprint density at radius 2 is 2.32 bits per heavy atom. The van der Waals surface area contributed by atoms with Gasteiger partial charge in [-0.1, -0.05) is 28.9 Å². The predicted octanol–water partition coefficient (Wildman–Crippen LogP) is 3.08. The van der Waals surface area contributed by atoms with Crippen LogP contribution in [0.1, 0.15) is 23.7 Å². The lowest BCUT2D eigenvalue weighted by Gasteiger charge is -2.26. The quantitative estimate of drug-likeness (QED) is 0.797. The summed E-state index contributed by atoms with van der Waals surface area (Å²) in [7, 11) is 1.44. The summed E-state index contributed by atoms with van der Waals surface area (Å²) in [5, 5.41) is 0.705. The molecule has 0 radical (unpaired) electrons. The van der Waals surface area contributed by atoms with E-state index in [1.807, 2.05) is 0 Å². The van der Waals surface area contributed by atoms with Crippen molar-refractivity contribution < 1.29 is 13.9 Å². The number of rotatable bonds is 3. The predicted molar refractivity (Wildman–Crippen MR) is 75.4 cm³/mol. The van der Waals surface area contributed by atoms with Gasteiger partial charge in [-0.15, -0.1) is 0 Å². The van der Waals surface area contributed by atoms with E-state index >= 15 is 0 Å². The zero-order chi connectivity index (χ0) is 14.0. The van der Waals surface area contributed by atoms with Gasteiger partial charge < -0.3 is 9.64 Å². The van der Waals surface area contributed by atoms with E-state index in [1.165, 1.54) is 13.2 Å². The van der Waals surface area contributed by atoms with Crippen LogP contribution in [0.3, 0.4) is 0 Å². The van der Waals surface area contributed by atoms with E-state index in [-0.39, 0.29) is 23.3 Å². The monoisotopic (exact) mass is 329 g/mol. The van der Waals surface area contributed by atoms with Crippen molar-refractivity contribution in [3.8, 4) is 5.75 Å². The van der Waals surface area contributed by atoms with Gasteiger partial charge in [0, 0.05) is 17.9 Å². The molecular weight excluding hydrogens is 313 g/mol. The van der Waals surface area contributed by atoms with Crippen molar-refractivity contribution in [2.24, 2.45) is 5.92 Å². The van der Waals surface area contributed by atoms with Crippen molar-refractivity contribution in [2.75, 3.05) is 19.0 Å². The van der Waals surface area contributed by atoms with Crippen molar-refractivity contribution in [1.29, 1.82) is 0 Å². The molecule has 1 saturated heterocycles. The number of hydrogen-bond donors (Lipinski definition) is 0. The molecule has 2 atom stereocenters. The number of carbonyl (C=O) groups excluding carboxylic acids is 1. The normalized spacial score (nSPS) is 22.6. The van der Waals surface area contributed by atoms with Crippen LogP contribution in [0.2, 0.25) is 0 Å². The average Bonchev–Trinajstić information content (AvgIpc) is 2.78. The second-order valence-electron chi connectivity index (χ2n) is 4.80. The van der Waals surface area contributed by atoms with Crippen LogP contribution in [-0.2, 0) is 0 Å². The van der Waals surface area contributed by atoms with Gasteiger partial charge in [0.2, 0.25) is 0 Å². The first kappa shape index (κ1) is 14.3. The lowest BCUT2D eigenvalue weighted by Crippen LogP contribution is -2.39. The number of benzene rings is 1. The SMILES string of the molecule is COc1cccc(F)c1C(=O)N1CCC(C)C1CBr. The molecule has 0 aliphatic carbocycles. The van der Waals surface area contributed by atoms with Crippen LogP contribution < -0.4 is 4.74 Å². The van der Waals surface area contributed by atoms with E-state index in [2.05, 4.69) is 22.9 Å². The lowest BCUT2D eigenvalue weighted by molar-refractivity contribution is 0.0730. The third kappa shape index (κ3) is 2.61. The Balaban J connectivity index is 2.35. The van der Waals surface area contributed by atoms with Gasteiger partial charge in [-0.2, -0.15) is 0 Å². The Kier molecular flexibility index (Phi) is 4.45. The Bertz CT molecular complexity index is 481. The minimum atomic E-state index is -0.530. The molecule has 0 saturated carbocycles. The van der Waals surface area contributed by atoms with Crippen molar-refractivity contribution in [3.63, 3.8) is 0 Å². The molecule has 19 heavy (non-hydrogen) atoms. The zero-order valence-electron chi connectivity index (χ0n) is 11.0. The number of ether oxygens (including phenoxy) is 1. The molecule has 0 aromatic heterocycles. The molecule has 1 amide bonds. The van der Waals surface area contributed by atoms with E-state index in [9.17, 15) is 9.18 Å². The molecule has 2 unspecified atom stereocenters. The molecular formula is C14H17BrFNO2. The maximum Gasteiger partial charge on any atom is 0.260 e. The molecule has 5 heteroatoms. The molecule has 104 valence electrons. The van der Waals surface area contributed by atoms with Crippen LogP contribution in [0.25, 0.3) is 0 Å². The molecule has 1 aliphatic rings. The van der Waals surface area contributed by atoms with Crippen LogP contribution in [0.4, 0.5) is 4.39 Å². The van der Waals surface area contributed by atoms with E-state index in [0.717, 1.165) is 6.42 Å². The second-order valence-corrected chi connectivity index (χ2v) is 5.45. The first-order chi connectivity index (χ1) is 9.10. The van der Waals surface area contributed by atoms with Crippen LogP contribution in [0.15, 0.2) is 18.2 Å². The molecule has 2 rings (SSSR count). The molecule has 0 N–H and O–H groups in total. The number of carbonyl (C=O) groups is 1. The van der Waals surface area contributed by atoms with Crippen molar-refractivity contribution in [3.05, 3.63) is 29.6 Å². The number of amides is 1. The summed E-state index contributed by atoms with van der Waals surface area (Å²) in [4.78, 5) is 14.3. The van der Waals surface area contributed by atoms with Crippen molar-refractivity contribution in [2.45, 2.75) is 19.4 Å². The molecule has 0 bridgehead atoms. The Hall–Kier alpha value is -1.10. The fraction of sp³-hybridized carbons (Fsp3) is 0.500. The number of hydrogen-bond acceptors (Lipinski definition) is 2. The Labute approximate surface area is 120 Å². The van der Waals surface area contributed by atoms with Crippen LogP contribution in [0.5, 0.6) is 5.75 Å². The van der Waals surface area contributed by atoms with Crippen LogP contribution in [0, 0.1) is 11.7 Å². The topological polar surface area (TPSA) is 29.5 Å². The van der Waals surface area contributed by atoms with Gasteiger partial charge in [-0.05, 0) is 24.5 Å². The largest absolute Gasteiger partial charge is 0.496 e. The van der Waals surface area contributed by atoms with Crippen molar-refractivity contribution in [1.82, 2.24) is 4.90 Å². The first-order valence-corrected chi connectivity index (χ1v) is 7.41. The number of methoxy groups -OCH3 is 1. The summed E-state index contributed by atoms with van der Waals surface area (Å²) >= 11 is 3.43. The van der Waals surface area contributed by atoms with E-state index < -0.39 is 5.82 Å². The first-order valence-electron chi connectivity index (χ1n) is 6.29. The third-order valence-electron chi connectivity index (χ3n) is 3.71. The Morgan fingerprint density at radius 3 is 2.95 bits per heavy atom. The number of alkyl halides is 1. The van der Waals surface area contributed by atoms with Gasteiger partial charge in [-0.25, -0.2) is 4.39 Å². The van der Waals surface area contributed by atoms with Crippen molar-refractivity contribution >= 4 is 21.8 Å². The molecule has 0 spiro atoms. The summed E-state index contributed by atoms with van der Waals surface area (Å²) < 4.78 is 19.0. The number of likely N-dealkylation sites (tertiary alicyclic amines) is 1. The minimum absolute atomic E-state index is 0.0325. The molecule has 1 fully saturated rings. The fourth-order valence-electron chi connectivity index (χ4n) is 2.52. The van der Waals surface area contributed by atoms with Gasteiger partial charge in [-0.3, -0.25) is 4.79 Å².